The van der Waals surface area contributed by atoms with E-state index in [4.69, 9.17) is 11.6 Å². The van der Waals surface area contributed by atoms with Gasteiger partial charge in [0.15, 0.2) is 6.04 Å². The van der Waals surface area contributed by atoms with Gasteiger partial charge in [-0.15, -0.1) is 13.2 Å². The number of benzene rings is 1. The number of aromatic nitrogens is 1. The number of nitrogens with zero attached hydrogens (tertiary/aromatic N) is 5. The number of amides is 2. The molecule has 0 aliphatic carbocycles. The lowest BCUT2D eigenvalue weighted by atomic mass is 10.2. The second-order valence-electron chi connectivity index (χ2n) is 9.84. The Morgan fingerprint density at radius 1 is 1.16 bits per heavy atom. The molecule has 6 N–H and O–H groups in total. The van der Waals surface area contributed by atoms with Crippen LogP contribution in [0.5, 0.6) is 5.75 Å². The molecule has 1 aromatic heterocycles. The minimum absolute atomic E-state index is 0.0419. The number of hydrogen-bond acceptors (Lipinski definition) is 10. The SMILES string of the molecule is CC(F)(F)c1ccc(CNC(=O)/C(N)=C/N(N)CC(F)CCN2CC(C(=O)NCc3cccc(OC(F)(F)F)c3)N=N2)cn1. The van der Waals surface area contributed by atoms with Gasteiger partial charge in [0.05, 0.1) is 13.1 Å². The summed E-state index contributed by atoms with van der Waals surface area (Å²) in [6.07, 6.45) is -4.12. The standard InChI is InChI=1S/C26H31F6N9O3/c1-25(28,29)22-6-5-17(11-35-22)12-36-23(42)20(33)14-40(34)13-18(27)7-8-41-15-21(38-39-41)24(43)37-10-16-3-2-4-19(9-16)44-26(30,31)32/h2-6,9,11,14,18,21H,7-8,10,12-13,15,33-34H2,1H3,(H,36,42)(H,37,43)/b20-14-. The van der Waals surface area contributed by atoms with E-state index in [0.29, 0.717) is 11.1 Å². The first-order chi connectivity index (χ1) is 20.6. The van der Waals surface area contributed by atoms with Gasteiger partial charge in [-0.2, -0.15) is 13.9 Å². The fourth-order valence-electron chi connectivity index (χ4n) is 3.81. The Bertz CT molecular complexity index is 1340. The molecule has 0 fully saturated rings. The number of rotatable bonds is 14. The highest BCUT2D eigenvalue weighted by atomic mass is 19.4. The molecule has 3 rings (SSSR count). The summed E-state index contributed by atoms with van der Waals surface area (Å²) in [5, 5.41) is 15.0. The largest absolute Gasteiger partial charge is 0.573 e. The third kappa shape index (κ3) is 11.2. The normalized spacial score (nSPS) is 16.0. The molecule has 0 spiro atoms. The van der Waals surface area contributed by atoms with Gasteiger partial charge in [0.2, 0.25) is 5.91 Å². The van der Waals surface area contributed by atoms with Crippen molar-refractivity contribution in [3.05, 3.63) is 71.3 Å². The maximum absolute atomic E-state index is 14.5. The molecule has 2 heterocycles. The van der Waals surface area contributed by atoms with Crippen LogP contribution in [-0.2, 0) is 28.6 Å². The minimum Gasteiger partial charge on any atom is -0.406 e. The molecule has 240 valence electrons. The van der Waals surface area contributed by atoms with Crippen LogP contribution in [0.25, 0.3) is 0 Å². The van der Waals surface area contributed by atoms with E-state index in [1.165, 1.54) is 29.4 Å². The molecule has 2 amide bonds. The maximum Gasteiger partial charge on any atom is 0.573 e. The van der Waals surface area contributed by atoms with Crippen LogP contribution in [-0.4, -0.2) is 65.0 Å². The summed E-state index contributed by atoms with van der Waals surface area (Å²) < 4.78 is 82.1. The summed E-state index contributed by atoms with van der Waals surface area (Å²) in [6.45, 7) is 0.438. The molecule has 0 saturated carbocycles. The van der Waals surface area contributed by atoms with E-state index in [9.17, 15) is 35.9 Å². The third-order valence-electron chi connectivity index (χ3n) is 6.01. The number of nitrogens with two attached hydrogens (primary N) is 2. The molecule has 0 radical (unpaired) electrons. The number of ether oxygens (including phenoxy) is 1. The van der Waals surface area contributed by atoms with Gasteiger partial charge in [0.1, 0.15) is 23.3 Å². The van der Waals surface area contributed by atoms with Gasteiger partial charge in [-0.3, -0.25) is 19.6 Å². The van der Waals surface area contributed by atoms with Crippen molar-refractivity contribution in [2.45, 2.75) is 50.9 Å². The van der Waals surface area contributed by atoms with E-state index in [1.807, 2.05) is 0 Å². The molecule has 0 saturated heterocycles. The molecule has 1 aliphatic rings. The molecule has 44 heavy (non-hydrogen) atoms. The molecule has 2 atom stereocenters. The number of nitrogens with one attached hydrogen (secondary N) is 2. The monoisotopic (exact) mass is 631 g/mol. The highest BCUT2D eigenvalue weighted by molar-refractivity contribution is 5.92. The molecule has 2 aromatic rings. The smallest absolute Gasteiger partial charge is 0.406 e. The lowest BCUT2D eigenvalue weighted by Crippen LogP contribution is -2.38. The zero-order valence-electron chi connectivity index (χ0n) is 23.4. The molecule has 1 aliphatic heterocycles. The first-order valence-electron chi connectivity index (χ1n) is 13.1. The number of carbonyl (C=O) groups excluding carboxylic acids is 2. The summed E-state index contributed by atoms with van der Waals surface area (Å²) in [5.74, 6) is 1.00. The van der Waals surface area contributed by atoms with Gasteiger partial charge in [0, 0.05) is 39.0 Å². The number of alkyl halides is 6. The second-order valence-corrected chi connectivity index (χ2v) is 9.84. The Hall–Kier alpha value is -4.61. The number of hydrazine groups is 1. The Labute approximate surface area is 248 Å². The Balaban J connectivity index is 1.35. The first kappa shape index (κ1) is 33.9. The Morgan fingerprint density at radius 2 is 1.89 bits per heavy atom. The molecule has 12 nitrogen and oxygen atoms in total. The number of pyridine rings is 1. The van der Waals surface area contributed by atoms with Gasteiger partial charge in [0.25, 0.3) is 11.8 Å². The van der Waals surface area contributed by atoms with E-state index in [-0.39, 0.29) is 44.8 Å². The van der Waals surface area contributed by atoms with Gasteiger partial charge in [-0.1, -0.05) is 23.4 Å². The molecule has 1 aromatic carbocycles. The molecule has 2 unspecified atom stereocenters. The zero-order valence-corrected chi connectivity index (χ0v) is 23.4. The fourth-order valence-corrected chi connectivity index (χ4v) is 3.81. The van der Waals surface area contributed by atoms with Crippen LogP contribution >= 0.6 is 0 Å². The predicted octanol–water partition coefficient (Wildman–Crippen LogP) is 2.78. The van der Waals surface area contributed by atoms with Crippen LogP contribution in [0.15, 0.2) is 64.8 Å². The van der Waals surface area contributed by atoms with Gasteiger partial charge in [-0.05, 0) is 35.7 Å². The highest BCUT2D eigenvalue weighted by Crippen LogP contribution is 2.25. The van der Waals surface area contributed by atoms with Crippen LogP contribution < -0.4 is 26.9 Å². The second kappa shape index (κ2) is 14.7. The van der Waals surface area contributed by atoms with E-state index in [2.05, 4.69) is 30.7 Å². The lowest BCUT2D eigenvalue weighted by Gasteiger charge is -2.19. The van der Waals surface area contributed by atoms with Crippen molar-refractivity contribution in [1.82, 2.24) is 25.6 Å². The van der Waals surface area contributed by atoms with Crippen molar-refractivity contribution >= 4 is 11.8 Å². The number of carbonyl (C=O) groups is 2. The van der Waals surface area contributed by atoms with Crippen molar-refractivity contribution in [2.24, 2.45) is 21.9 Å². The summed E-state index contributed by atoms with van der Waals surface area (Å²) in [4.78, 5) is 28.3. The summed E-state index contributed by atoms with van der Waals surface area (Å²) in [6, 6.07) is 6.79. The predicted molar refractivity (Wildman–Crippen MR) is 144 cm³/mol. The van der Waals surface area contributed by atoms with Gasteiger partial charge < -0.3 is 26.1 Å². The fraction of sp³-hybridized carbons (Fsp3) is 0.423. The van der Waals surface area contributed by atoms with Crippen molar-refractivity contribution in [2.75, 3.05) is 19.6 Å². The van der Waals surface area contributed by atoms with Gasteiger partial charge >= 0.3 is 6.36 Å². The molecule has 0 bridgehead atoms. The number of halogens is 6. The molecule has 18 heteroatoms. The Kier molecular flexibility index (Phi) is 11.3. The number of hydrogen-bond donors (Lipinski definition) is 4. The lowest BCUT2D eigenvalue weighted by molar-refractivity contribution is -0.274. The van der Waals surface area contributed by atoms with E-state index in [1.54, 1.807) is 0 Å². The first-order valence-corrected chi connectivity index (χ1v) is 13.1. The van der Waals surface area contributed by atoms with Crippen molar-refractivity contribution < 1.29 is 40.7 Å². The highest BCUT2D eigenvalue weighted by Gasteiger charge is 2.31. The van der Waals surface area contributed by atoms with E-state index in [0.717, 1.165) is 36.3 Å². The third-order valence-corrected chi connectivity index (χ3v) is 6.01. The van der Waals surface area contributed by atoms with Crippen LogP contribution in [0.1, 0.15) is 30.2 Å². The molecular formula is C26H31F6N9O3. The van der Waals surface area contributed by atoms with Crippen LogP contribution in [0.3, 0.4) is 0 Å². The summed E-state index contributed by atoms with van der Waals surface area (Å²) in [7, 11) is 0. The van der Waals surface area contributed by atoms with E-state index >= 15 is 0 Å². The minimum atomic E-state index is -4.84. The molecular weight excluding hydrogens is 600 g/mol. The quantitative estimate of drug-likeness (QED) is 0.107. The maximum atomic E-state index is 14.5. The van der Waals surface area contributed by atoms with Crippen LogP contribution in [0, 0.1) is 0 Å². The van der Waals surface area contributed by atoms with Gasteiger partial charge in [-0.25, -0.2) is 10.2 Å². The summed E-state index contributed by atoms with van der Waals surface area (Å²) >= 11 is 0. The zero-order chi connectivity index (χ0) is 32.5. The van der Waals surface area contributed by atoms with Crippen molar-refractivity contribution in [1.29, 1.82) is 0 Å². The Morgan fingerprint density at radius 3 is 2.55 bits per heavy atom. The average Bonchev–Trinajstić information content (AvgIpc) is 3.42. The topological polar surface area (TPSA) is 164 Å². The van der Waals surface area contributed by atoms with E-state index < -0.39 is 47.8 Å². The van der Waals surface area contributed by atoms with Crippen molar-refractivity contribution in [3.63, 3.8) is 0 Å². The summed E-state index contributed by atoms with van der Waals surface area (Å²) in [5.41, 5.74) is 5.82. The van der Waals surface area contributed by atoms with Crippen molar-refractivity contribution in [3.8, 4) is 5.75 Å². The van der Waals surface area contributed by atoms with Crippen LogP contribution in [0.4, 0.5) is 26.3 Å². The van der Waals surface area contributed by atoms with Crippen LogP contribution in [0.2, 0.25) is 0 Å². The average molecular weight is 632 g/mol.